The van der Waals surface area contributed by atoms with Crippen molar-refractivity contribution in [3.63, 3.8) is 0 Å². The smallest absolute Gasteiger partial charge is 0.411 e. The quantitative estimate of drug-likeness (QED) is 0.391. The number of carbonyl (C=O) groups excluding carboxylic acids is 2. The number of anilines is 2. The molecule has 0 spiro atoms. The Balaban J connectivity index is 2.00. The first-order valence-electron chi connectivity index (χ1n) is 8.90. The second-order valence-electron chi connectivity index (χ2n) is 5.95. The lowest BCUT2D eigenvalue weighted by molar-refractivity contribution is 0.102. The van der Waals surface area contributed by atoms with E-state index in [-0.39, 0.29) is 30.2 Å². The highest BCUT2D eigenvalue weighted by Crippen LogP contribution is 2.17. The van der Waals surface area contributed by atoms with E-state index >= 15 is 0 Å². The maximum absolute atomic E-state index is 12.4. The van der Waals surface area contributed by atoms with Crippen molar-refractivity contribution in [3.05, 3.63) is 66.7 Å². The van der Waals surface area contributed by atoms with E-state index in [0.717, 1.165) is 0 Å². The van der Waals surface area contributed by atoms with Crippen LogP contribution in [0.25, 0.3) is 0 Å². The van der Waals surface area contributed by atoms with Crippen molar-refractivity contribution in [2.24, 2.45) is 0 Å². The molecule has 0 saturated carbocycles. The number of rotatable bonds is 10. The predicted molar refractivity (Wildman–Crippen MR) is 113 cm³/mol. The molecule has 0 aliphatic rings. The van der Waals surface area contributed by atoms with Crippen LogP contribution >= 0.6 is 0 Å². The summed E-state index contributed by atoms with van der Waals surface area (Å²) in [5.74, 6) is -0.433. The highest BCUT2D eigenvalue weighted by atomic mass is 32.2. The van der Waals surface area contributed by atoms with Gasteiger partial charge >= 0.3 is 6.09 Å². The zero-order valence-corrected chi connectivity index (χ0v) is 17.2. The van der Waals surface area contributed by atoms with E-state index in [9.17, 15) is 18.0 Å². The number of hydrogen-bond acceptors (Lipinski definition) is 6. The van der Waals surface area contributed by atoms with Gasteiger partial charge in [0.25, 0.3) is 5.91 Å². The van der Waals surface area contributed by atoms with E-state index < -0.39 is 22.0 Å². The number of sulfonamides is 1. The second kappa shape index (κ2) is 11.1. The topological polar surface area (TPSA) is 123 Å². The molecule has 30 heavy (non-hydrogen) atoms. The minimum atomic E-state index is -3.66. The minimum Gasteiger partial charge on any atom is -0.447 e. The number of amides is 2. The van der Waals surface area contributed by atoms with Crippen LogP contribution < -0.4 is 15.4 Å². The lowest BCUT2D eigenvalue weighted by Gasteiger charge is -2.10. The maximum Gasteiger partial charge on any atom is 0.411 e. The molecule has 160 valence electrons. The van der Waals surface area contributed by atoms with Crippen molar-refractivity contribution in [3.8, 4) is 0 Å². The van der Waals surface area contributed by atoms with Gasteiger partial charge < -0.3 is 14.8 Å². The molecule has 2 rings (SSSR count). The van der Waals surface area contributed by atoms with Crippen LogP contribution in [-0.4, -0.2) is 47.3 Å². The van der Waals surface area contributed by atoms with Crippen LogP contribution in [0.15, 0.2) is 66.1 Å². The molecule has 2 aromatic carbocycles. The molecule has 0 aliphatic carbocycles. The molecule has 0 heterocycles. The van der Waals surface area contributed by atoms with E-state index in [1.165, 1.54) is 37.5 Å². The first-order chi connectivity index (χ1) is 14.4. The van der Waals surface area contributed by atoms with Gasteiger partial charge in [-0.15, -0.1) is 6.58 Å². The lowest BCUT2D eigenvalue weighted by Crippen LogP contribution is -2.23. The molecule has 0 radical (unpaired) electrons. The Kier molecular flexibility index (Phi) is 8.54. The second-order valence-corrected chi connectivity index (χ2v) is 7.72. The molecule has 0 fully saturated rings. The summed E-state index contributed by atoms with van der Waals surface area (Å²) in [6.07, 6.45) is 0.791. The van der Waals surface area contributed by atoms with Gasteiger partial charge in [-0.2, -0.15) is 0 Å². The Labute approximate surface area is 175 Å². The van der Waals surface area contributed by atoms with E-state index in [0.29, 0.717) is 11.4 Å². The summed E-state index contributed by atoms with van der Waals surface area (Å²) in [5.41, 5.74) is 1.15. The summed E-state index contributed by atoms with van der Waals surface area (Å²) in [6.45, 7) is 3.97. The van der Waals surface area contributed by atoms with Crippen LogP contribution in [0.4, 0.5) is 16.2 Å². The van der Waals surface area contributed by atoms with E-state index in [4.69, 9.17) is 9.47 Å². The average molecular weight is 433 g/mol. The zero-order chi connectivity index (χ0) is 22.0. The zero-order valence-electron chi connectivity index (χ0n) is 16.4. The number of carbonyl (C=O) groups is 2. The molecule has 2 aromatic rings. The van der Waals surface area contributed by atoms with Crippen molar-refractivity contribution >= 4 is 33.4 Å². The summed E-state index contributed by atoms with van der Waals surface area (Å²) < 4.78 is 36.2. The number of hydrogen-bond donors (Lipinski definition) is 3. The Hall–Kier alpha value is -3.21. The summed E-state index contributed by atoms with van der Waals surface area (Å²) in [4.78, 5) is 24.2. The molecule has 0 atom stereocenters. The van der Waals surface area contributed by atoms with Gasteiger partial charge in [0.05, 0.1) is 11.5 Å². The predicted octanol–water partition coefficient (Wildman–Crippen LogP) is 2.60. The van der Waals surface area contributed by atoms with Gasteiger partial charge in [0.15, 0.2) is 0 Å². The van der Waals surface area contributed by atoms with Crippen molar-refractivity contribution in [2.45, 2.75) is 4.90 Å². The van der Waals surface area contributed by atoms with Gasteiger partial charge in [0.1, 0.15) is 6.61 Å². The van der Waals surface area contributed by atoms with Gasteiger partial charge in [-0.1, -0.05) is 12.1 Å². The number of methoxy groups -OCH3 is 1. The van der Waals surface area contributed by atoms with Crippen LogP contribution in [0.1, 0.15) is 10.4 Å². The third-order valence-electron chi connectivity index (χ3n) is 3.73. The average Bonchev–Trinajstić information content (AvgIpc) is 2.73. The Bertz CT molecular complexity index is 990. The summed E-state index contributed by atoms with van der Waals surface area (Å²) in [5, 5.41) is 5.23. The summed E-state index contributed by atoms with van der Waals surface area (Å²) >= 11 is 0. The molecule has 9 nitrogen and oxygen atoms in total. The van der Waals surface area contributed by atoms with Gasteiger partial charge in [-0.25, -0.2) is 17.9 Å². The molecule has 2 amide bonds. The molecule has 0 bridgehead atoms. The van der Waals surface area contributed by atoms with Crippen LogP contribution in [0, 0.1) is 0 Å². The van der Waals surface area contributed by atoms with E-state index in [2.05, 4.69) is 21.9 Å². The van der Waals surface area contributed by atoms with E-state index in [1.807, 2.05) is 0 Å². The number of ether oxygens (including phenoxy) is 2. The fourth-order valence-corrected chi connectivity index (χ4v) is 3.29. The fourth-order valence-electron chi connectivity index (χ4n) is 2.29. The molecule has 0 unspecified atom stereocenters. The van der Waals surface area contributed by atoms with Crippen LogP contribution in [-0.2, 0) is 19.5 Å². The van der Waals surface area contributed by atoms with Gasteiger partial charge in [0, 0.05) is 30.6 Å². The molecular weight excluding hydrogens is 410 g/mol. The van der Waals surface area contributed by atoms with Crippen LogP contribution in [0.5, 0.6) is 0 Å². The number of nitrogens with one attached hydrogen (secondary N) is 3. The Morgan fingerprint density at radius 3 is 2.33 bits per heavy atom. The summed E-state index contributed by atoms with van der Waals surface area (Å²) in [7, 11) is -2.16. The first kappa shape index (κ1) is 23.1. The van der Waals surface area contributed by atoms with E-state index in [1.54, 1.807) is 24.3 Å². The third-order valence-corrected chi connectivity index (χ3v) is 5.17. The normalized spacial score (nSPS) is 10.8. The maximum atomic E-state index is 12.4. The molecule has 0 aromatic heterocycles. The standard InChI is InChI=1S/C20H23N3O6S/c1-3-11-21-30(26,27)18-9-7-15(8-10-18)19(24)22-16-5-4-6-17(14-16)23-20(25)29-13-12-28-2/h3-10,14,21H,1,11-13H2,2H3,(H,22,24)(H,23,25). The SMILES string of the molecule is C=CCNS(=O)(=O)c1ccc(C(=O)Nc2cccc(NC(=O)OCCOC)c2)cc1. The number of benzene rings is 2. The summed E-state index contributed by atoms with van der Waals surface area (Å²) in [6, 6.07) is 12.0. The van der Waals surface area contributed by atoms with Crippen molar-refractivity contribution in [1.29, 1.82) is 0 Å². The van der Waals surface area contributed by atoms with Crippen LogP contribution in [0.3, 0.4) is 0 Å². The molecular formula is C20H23N3O6S. The highest BCUT2D eigenvalue weighted by molar-refractivity contribution is 7.89. The minimum absolute atomic E-state index is 0.0408. The lowest BCUT2D eigenvalue weighted by atomic mass is 10.2. The van der Waals surface area contributed by atoms with Gasteiger partial charge in [-0.3, -0.25) is 10.1 Å². The molecule has 3 N–H and O–H groups in total. The van der Waals surface area contributed by atoms with Crippen molar-refractivity contribution in [1.82, 2.24) is 4.72 Å². The molecule has 0 aliphatic heterocycles. The Morgan fingerprint density at radius 1 is 1.03 bits per heavy atom. The third kappa shape index (κ3) is 6.99. The van der Waals surface area contributed by atoms with Gasteiger partial charge in [-0.05, 0) is 42.5 Å². The van der Waals surface area contributed by atoms with Gasteiger partial charge in [0.2, 0.25) is 10.0 Å². The molecule has 0 saturated heterocycles. The van der Waals surface area contributed by atoms with Crippen molar-refractivity contribution in [2.75, 3.05) is 37.5 Å². The Morgan fingerprint density at radius 2 is 1.70 bits per heavy atom. The van der Waals surface area contributed by atoms with Crippen molar-refractivity contribution < 1.29 is 27.5 Å². The largest absolute Gasteiger partial charge is 0.447 e. The first-order valence-corrected chi connectivity index (χ1v) is 10.4. The monoisotopic (exact) mass is 433 g/mol. The highest BCUT2D eigenvalue weighted by Gasteiger charge is 2.14. The fraction of sp³-hybridized carbons (Fsp3) is 0.200. The molecule has 10 heteroatoms. The van der Waals surface area contributed by atoms with Crippen LogP contribution in [0.2, 0.25) is 0 Å².